The maximum Gasteiger partial charge on any atom is 0.315 e. The van der Waals surface area contributed by atoms with Gasteiger partial charge in [0, 0.05) is 13.6 Å². The molecule has 0 aromatic carbocycles. The number of halogens is 2. The number of nitrogens with zero attached hydrogens (tertiary/aromatic N) is 6. The highest BCUT2D eigenvalue weighted by Crippen LogP contribution is 2.46. The molecule has 2 aromatic heterocycles. The van der Waals surface area contributed by atoms with Crippen LogP contribution in [0.15, 0.2) is 6.33 Å². The largest absolute Gasteiger partial charge is 0.347 e. The number of rotatable bonds is 3. The van der Waals surface area contributed by atoms with Crippen LogP contribution in [0.25, 0.3) is 11.2 Å². The minimum atomic E-state index is -3.00. The number of aryl methyl sites for hydroxylation is 1. The fourth-order valence-corrected chi connectivity index (χ4v) is 4.34. The van der Waals surface area contributed by atoms with E-state index in [0.717, 1.165) is 25.7 Å². The Bertz CT molecular complexity index is 802. The summed E-state index contributed by atoms with van der Waals surface area (Å²) < 4.78 is 27.0. The predicted molar refractivity (Wildman–Crippen MR) is 85.2 cm³/mol. The average Bonchev–Trinajstić information content (AvgIpc) is 3.30. The van der Waals surface area contributed by atoms with Crippen molar-refractivity contribution in [2.75, 3.05) is 11.4 Å². The van der Waals surface area contributed by atoms with Crippen molar-refractivity contribution in [3.05, 3.63) is 6.33 Å². The molecule has 0 bridgehead atoms. The zero-order chi connectivity index (χ0) is 17.6. The van der Waals surface area contributed by atoms with E-state index in [9.17, 15) is 13.6 Å². The first kappa shape index (κ1) is 16.1. The van der Waals surface area contributed by atoms with Crippen LogP contribution in [0.4, 0.5) is 14.6 Å². The lowest BCUT2D eigenvalue weighted by Gasteiger charge is -2.40. The third-order valence-electron chi connectivity index (χ3n) is 5.44. The molecular formula is C15H19F2N7O. The maximum absolute atomic E-state index is 12.7. The van der Waals surface area contributed by atoms with E-state index in [4.69, 9.17) is 0 Å². The van der Waals surface area contributed by atoms with Crippen molar-refractivity contribution in [1.29, 1.82) is 0 Å². The molecule has 1 atom stereocenters. The van der Waals surface area contributed by atoms with Crippen LogP contribution in [0.3, 0.4) is 0 Å². The second kappa shape index (κ2) is 5.85. The molecule has 1 aliphatic carbocycles. The highest BCUT2D eigenvalue weighted by Gasteiger charge is 2.52. The summed E-state index contributed by atoms with van der Waals surface area (Å²) in [4.78, 5) is 22.3. The number of aromatic nitrogens is 5. The number of amides is 1. The topological polar surface area (TPSA) is 88.8 Å². The van der Waals surface area contributed by atoms with Gasteiger partial charge in [-0.05, 0) is 19.3 Å². The predicted octanol–water partition coefficient (Wildman–Crippen LogP) is 1.03. The maximum atomic E-state index is 12.7. The lowest BCUT2D eigenvalue weighted by atomic mass is 9.88. The summed E-state index contributed by atoms with van der Waals surface area (Å²) >= 11 is 0. The van der Waals surface area contributed by atoms with E-state index in [1.165, 1.54) is 6.33 Å². The summed E-state index contributed by atoms with van der Waals surface area (Å²) in [6.45, 7) is 0.622. The van der Waals surface area contributed by atoms with Crippen molar-refractivity contribution in [3.8, 4) is 0 Å². The molecule has 1 saturated heterocycles. The van der Waals surface area contributed by atoms with Gasteiger partial charge in [0.15, 0.2) is 17.0 Å². The van der Waals surface area contributed by atoms with Crippen molar-refractivity contribution in [1.82, 2.24) is 30.3 Å². The number of fused-ring (bicyclic) bond motifs is 1. The number of carbonyl (C=O) groups is 1. The fraction of sp³-hybridized carbons (Fsp3) is 0.667. The molecule has 2 aromatic rings. The molecule has 8 nitrogen and oxygen atoms in total. The van der Waals surface area contributed by atoms with E-state index >= 15 is 0 Å². The third kappa shape index (κ3) is 2.42. The molecule has 1 N–H and O–H groups in total. The van der Waals surface area contributed by atoms with Gasteiger partial charge in [0.25, 0.3) is 5.91 Å². The van der Waals surface area contributed by atoms with Gasteiger partial charge in [-0.2, -0.15) is 8.78 Å². The first-order chi connectivity index (χ1) is 12.0. The van der Waals surface area contributed by atoms with Gasteiger partial charge >= 0.3 is 6.43 Å². The molecule has 134 valence electrons. The Balaban J connectivity index is 1.73. The second-order valence-corrected chi connectivity index (χ2v) is 6.70. The smallest absolute Gasteiger partial charge is 0.315 e. The number of hydrogen-bond donors (Lipinski definition) is 1. The van der Waals surface area contributed by atoms with Crippen LogP contribution in [0.1, 0.15) is 32.1 Å². The van der Waals surface area contributed by atoms with Crippen molar-refractivity contribution >= 4 is 22.9 Å². The first-order valence-electron chi connectivity index (χ1n) is 8.39. The number of hydrogen-bond acceptors (Lipinski definition) is 6. The minimum Gasteiger partial charge on any atom is -0.347 e. The molecule has 1 amide bonds. The number of anilines is 1. The monoisotopic (exact) mass is 351 g/mol. The average molecular weight is 351 g/mol. The van der Waals surface area contributed by atoms with E-state index in [1.54, 1.807) is 11.7 Å². The van der Waals surface area contributed by atoms with E-state index in [1.807, 2.05) is 0 Å². The molecule has 4 rings (SSSR count). The van der Waals surface area contributed by atoms with Gasteiger partial charge in [0.05, 0.1) is 11.6 Å². The summed E-state index contributed by atoms with van der Waals surface area (Å²) in [5.41, 5.74) is 0.818. The van der Waals surface area contributed by atoms with Crippen molar-refractivity contribution < 1.29 is 13.6 Å². The van der Waals surface area contributed by atoms with Crippen molar-refractivity contribution in [2.45, 2.75) is 50.1 Å². The SMILES string of the molecule is Cn1nnc2c(N3CC[C@H](NC(=O)C(F)F)C34CCCC4)ncnc21. The highest BCUT2D eigenvalue weighted by atomic mass is 19.3. The fourth-order valence-electron chi connectivity index (χ4n) is 4.34. The van der Waals surface area contributed by atoms with Gasteiger partial charge in [0.1, 0.15) is 6.33 Å². The Kier molecular flexibility index (Phi) is 3.77. The third-order valence-corrected chi connectivity index (χ3v) is 5.44. The van der Waals surface area contributed by atoms with Crippen LogP contribution >= 0.6 is 0 Å². The minimum absolute atomic E-state index is 0.321. The molecule has 2 fully saturated rings. The van der Waals surface area contributed by atoms with Crippen LogP contribution in [0.5, 0.6) is 0 Å². The lowest BCUT2D eigenvalue weighted by molar-refractivity contribution is -0.132. The van der Waals surface area contributed by atoms with Gasteiger partial charge in [-0.25, -0.2) is 14.6 Å². The van der Waals surface area contributed by atoms with E-state index < -0.39 is 17.9 Å². The number of alkyl halides is 2. The quantitative estimate of drug-likeness (QED) is 0.889. The summed E-state index contributed by atoms with van der Waals surface area (Å²) in [6, 6.07) is -0.321. The van der Waals surface area contributed by atoms with Crippen molar-refractivity contribution in [2.24, 2.45) is 7.05 Å². The molecule has 1 saturated carbocycles. The Hall–Kier alpha value is -2.39. The summed E-state index contributed by atoms with van der Waals surface area (Å²) in [7, 11) is 1.76. The summed E-state index contributed by atoms with van der Waals surface area (Å²) in [5.74, 6) is -0.542. The van der Waals surface area contributed by atoms with Gasteiger partial charge in [-0.15, -0.1) is 5.10 Å². The Labute approximate surface area is 142 Å². The number of carbonyl (C=O) groups excluding carboxylic acids is 1. The normalized spacial score (nSPS) is 22.4. The van der Waals surface area contributed by atoms with Crippen LogP contribution in [-0.2, 0) is 11.8 Å². The Morgan fingerprint density at radius 2 is 2.12 bits per heavy atom. The Morgan fingerprint density at radius 1 is 1.36 bits per heavy atom. The zero-order valence-corrected chi connectivity index (χ0v) is 13.8. The lowest BCUT2D eigenvalue weighted by Crippen LogP contribution is -2.56. The van der Waals surface area contributed by atoms with Gasteiger partial charge < -0.3 is 10.2 Å². The number of nitrogens with one attached hydrogen (secondary N) is 1. The molecule has 0 radical (unpaired) electrons. The van der Waals surface area contributed by atoms with Crippen LogP contribution in [0.2, 0.25) is 0 Å². The second-order valence-electron chi connectivity index (χ2n) is 6.70. The molecule has 2 aliphatic rings. The van der Waals surface area contributed by atoms with E-state index in [2.05, 4.69) is 30.5 Å². The molecule has 3 heterocycles. The molecule has 1 aliphatic heterocycles. The van der Waals surface area contributed by atoms with Crippen LogP contribution in [0, 0.1) is 0 Å². The molecule has 1 spiro atoms. The van der Waals surface area contributed by atoms with E-state index in [0.29, 0.717) is 29.9 Å². The highest BCUT2D eigenvalue weighted by molar-refractivity contribution is 5.84. The summed E-state index contributed by atoms with van der Waals surface area (Å²) in [6.07, 6.45) is 2.70. The summed E-state index contributed by atoms with van der Waals surface area (Å²) in [5, 5.41) is 10.7. The van der Waals surface area contributed by atoms with Crippen molar-refractivity contribution in [3.63, 3.8) is 0 Å². The van der Waals surface area contributed by atoms with Crippen LogP contribution < -0.4 is 10.2 Å². The molecule has 10 heteroatoms. The molecule has 0 unspecified atom stereocenters. The Morgan fingerprint density at radius 3 is 2.84 bits per heavy atom. The van der Waals surface area contributed by atoms with Gasteiger partial charge in [0.2, 0.25) is 0 Å². The molecular weight excluding hydrogens is 332 g/mol. The molecule has 25 heavy (non-hydrogen) atoms. The van der Waals surface area contributed by atoms with Gasteiger partial charge in [-0.3, -0.25) is 4.79 Å². The zero-order valence-electron chi connectivity index (χ0n) is 13.8. The van der Waals surface area contributed by atoms with Gasteiger partial charge in [-0.1, -0.05) is 18.1 Å². The van der Waals surface area contributed by atoms with Crippen LogP contribution in [-0.4, -0.2) is 55.4 Å². The first-order valence-corrected chi connectivity index (χ1v) is 8.39. The van der Waals surface area contributed by atoms with E-state index in [-0.39, 0.29) is 6.04 Å². The standard InChI is InChI=1S/C15H19F2N7O/c1-23-12-10(21-22-23)13(19-8-18-12)24-7-4-9(20-14(25)11(16)17)15(24)5-2-3-6-15/h8-9,11H,2-7H2,1H3,(H,20,25)/t9-/m0/s1.